The molecule has 19 heavy (non-hydrogen) atoms. The lowest BCUT2D eigenvalue weighted by molar-refractivity contribution is -0.144. The first-order valence-electron chi connectivity index (χ1n) is 5.70. The zero-order chi connectivity index (χ0) is 14.6. The predicted molar refractivity (Wildman–Crippen MR) is 68.5 cm³/mol. The first-order valence-corrected chi connectivity index (χ1v) is 5.70. The Bertz CT molecular complexity index is 486. The van der Waals surface area contributed by atoms with E-state index in [0.29, 0.717) is 11.3 Å². The number of ketones is 1. The van der Waals surface area contributed by atoms with Gasteiger partial charge < -0.3 is 20.7 Å². The SMILES string of the molecule is COC(=O)CC(O)C(O)c1ccc(N)c(C(C)=O)c1. The number of methoxy groups -OCH3 is 1. The monoisotopic (exact) mass is 267 g/mol. The van der Waals surface area contributed by atoms with Gasteiger partial charge in [0.2, 0.25) is 0 Å². The zero-order valence-electron chi connectivity index (χ0n) is 10.8. The number of hydrogen-bond donors (Lipinski definition) is 3. The molecular formula is C13H17NO5. The van der Waals surface area contributed by atoms with Gasteiger partial charge in [0.15, 0.2) is 5.78 Å². The van der Waals surface area contributed by atoms with Crippen molar-refractivity contribution in [3.05, 3.63) is 29.3 Å². The third kappa shape index (κ3) is 3.77. The quantitative estimate of drug-likeness (QED) is 0.405. The maximum absolute atomic E-state index is 11.3. The van der Waals surface area contributed by atoms with Crippen LogP contribution in [0.5, 0.6) is 0 Å². The Labute approximate surface area is 110 Å². The maximum atomic E-state index is 11.3. The summed E-state index contributed by atoms with van der Waals surface area (Å²) in [6, 6.07) is 4.37. The fourth-order valence-electron chi connectivity index (χ4n) is 1.65. The van der Waals surface area contributed by atoms with Crippen LogP contribution in [0.25, 0.3) is 0 Å². The van der Waals surface area contributed by atoms with E-state index in [-0.39, 0.29) is 17.8 Å². The summed E-state index contributed by atoms with van der Waals surface area (Å²) in [7, 11) is 1.19. The number of carbonyl (C=O) groups excluding carboxylic acids is 2. The van der Waals surface area contributed by atoms with Crippen LogP contribution in [0, 0.1) is 0 Å². The lowest BCUT2D eigenvalue weighted by atomic mass is 9.98. The highest BCUT2D eigenvalue weighted by atomic mass is 16.5. The van der Waals surface area contributed by atoms with Crippen LogP contribution in [0.2, 0.25) is 0 Å². The Morgan fingerprint density at radius 1 is 1.37 bits per heavy atom. The molecule has 0 bridgehead atoms. The molecule has 6 nitrogen and oxygen atoms in total. The van der Waals surface area contributed by atoms with Crippen molar-refractivity contribution in [3.8, 4) is 0 Å². The number of anilines is 1. The number of Topliss-reactive ketones (excluding diaryl/α,β-unsaturated/α-hetero) is 1. The Morgan fingerprint density at radius 2 is 2.00 bits per heavy atom. The van der Waals surface area contributed by atoms with E-state index in [1.165, 1.54) is 32.2 Å². The molecular weight excluding hydrogens is 250 g/mol. The van der Waals surface area contributed by atoms with E-state index >= 15 is 0 Å². The van der Waals surface area contributed by atoms with E-state index in [1.807, 2.05) is 0 Å². The van der Waals surface area contributed by atoms with Gasteiger partial charge in [0, 0.05) is 11.3 Å². The van der Waals surface area contributed by atoms with Crippen molar-refractivity contribution in [3.63, 3.8) is 0 Å². The Kier molecular flexibility index (Phi) is 5.02. The highest BCUT2D eigenvalue weighted by Crippen LogP contribution is 2.23. The summed E-state index contributed by atoms with van der Waals surface area (Å²) in [6.45, 7) is 1.35. The van der Waals surface area contributed by atoms with Gasteiger partial charge >= 0.3 is 5.97 Å². The summed E-state index contributed by atoms with van der Waals surface area (Å²) in [6.07, 6.45) is -2.94. The highest BCUT2D eigenvalue weighted by molar-refractivity contribution is 5.99. The molecule has 2 atom stereocenters. The number of aliphatic hydroxyl groups excluding tert-OH is 2. The summed E-state index contributed by atoms with van der Waals surface area (Å²) >= 11 is 0. The molecule has 0 aliphatic heterocycles. The number of aliphatic hydroxyl groups is 2. The fourth-order valence-corrected chi connectivity index (χ4v) is 1.65. The molecule has 0 saturated heterocycles. The molecule has 0 aliphatic rings. The van der Waals surface area contributed by atoms with Crippen LogP contribution in [-0.2, 0) is 9.53 Å². The summed E-state index contributed by atoms with van der Waals surface area (Å²) in [4.78, 5) is 22.4. The molecule has 0 heterocycles. The summed E-state index contributed by atoms with van der Waals surface area (Å²) in [5.74, 6) is -0.872. The molecule has 0 radical (unpaired) electrons. The summed E-state index contributed by atoms with van der Waals surface area (Å²) in [5.41, 5.74) is 6.51. The van der Waals surface area contributed by atoms with Crippen LogP contribution in [-0.4, -0.2) is 35.2 Å². The van der Waals surface area contributed by atoms with Gasteiger partial charge in [-0.05, 0) is 24.6 Å². The standard InChI is InChI=1S/C13H17NO5/c1-7(15)9-5-8(3-4-10(9)14)13(18)11(16)6-12(17)19-2/h3-5,11,13,16,18H,6,14H2,1-2H3. The van der Waals surface area contributed by atoms with Crippen molar-refractivity contribution in [2.45, 2.75) is 25.6 Å². The first kappa shape index (κ1) is 15.1. The van der Waals surface area contributed by atoms with E-state index in [9.17, 15) is 19.8 Å². The molecule has 4 N–H and O–H groups in total. The Hall–Kier alpha value is -1.92. The van der Waals surface area contributed by atoms with Crippen molar-refractivity contribution < 1.29 is 24.5 Å². The van der Waals surface area contributed by atoms with Crippen molar-refractivity contribution in [1.29, 1.82) is 0 Å². The molecule has 1 aromatic rings. The van der Waals surface area contributed by atoms with E-state index in [1.54, 1.807) is 0 Å². The van der Waals surface area contributed by atoms with Crippen LogP contribution in [0.3, 0.4) is 0 Å². The minimum atomic E-state index is -1.31. The van der Waals surface area contributed by atoms with Gasteiger partial charge in [-0.3, -0.25) is 9.59 Å². The van der Waals surface area contributed by atoms with Crippen molar-refractivity contribution in [1.82, 2.24) is 0 Å². The second-order valence-electron chi connectivity index (χ2n) is 4.20. The Balaban J connectivity index is 2.93. The lowest BCUT2D eigenvalue weighted by Crippen LogP contribution is -2.22. The Morgan fingerprint density at radius 3 is 2.53 bits per heavy atom. The molecule has 1 aromatic carbocycles. The molecule has 1 rings (SSSR count). The van der Waals surface area contributed by atoms with Gasteiger partial charge in [0.25, 0.3) is 0 Å². The molecule has 0 saturated carbocycles. The summed E-state index contributed by atoms with van der Waals surface area (Å²) in [5, 5.41) is 19.6. The molecule has 0 aromatic heterocycles. The zero-order valence-corrected chi connectivity index (χ0v) is 10.8. The minimum absolute atomic E-state index is 0.242. The van der Waals surface area contributed by atoms with Crippen molar-refractivity contribution in [2.75, 3.05) is 12.8 Å². The van der Waals surface area contributed by atoms with Gasteiger partial charge in [0.05, 0.1) is 19.6 Å². The van der Waals surface area contributed by atoms with Crippen LogP contribution >= 0.6 is 0 Å². The number of benzene rings is 1. The molecule has 104 valence electrons. The number of nitrogen functional groups attached to an aromatic ring is 1. The normalized spacial score (nSPS) is 13.7. The van der Waals surface area contributed by atoms with E-state index in [2.05, 4.69) is 4.74 Å². The van der Waals surface area contributed by atoms with Gasteiger partial charge in [-0.15, -0.1) is 0 Å². The lowest BCUT2D eigenvalue weighted by Gasteiger charge is -2.18. The van der Waals surface area contributed by atoms with Crippen LogP contribution in [0.15, 0.2) is 18.2 Å². The van der Waals surface area contributed by atoms with E-state index < -0.39 is 18.2 Å². The average molecular weight is 267 g/mol. The average Bonchev–Trinajstić information content (AvgIpc) is 2.37. The smallest absolute Gasteiger partial charge is 0.308 e. The van der Waals surface area contributed by atoms with E-state index in [4.69, 9.17) is 5.73 Å². The second kappa shape index (κ2) is 6.31. The van der Waals surface area contributed by atoms with Crippen LogP contribution in [0.1, 0.15) is 35.4 Å². The minimum Gasteiger partial charge on any atom is -0.469 e. The van der Waals surface area contributed by atoms with Crippen molar-refractivity contribution >= 4 is 17.4 Å². The molecule has 0 spiro atoms. The molecule has 0 fully saturated rings. The number of ether oxygens (including phenoxy) is 1. The highest BCUT2D eigenvalue weighted by Gasteiger charge is 2.22. The molecule has 2 unspecified atom stereocenters. The van der Waals surface area contributed by atoms with Gasteiger partial charge in [-0.25, -0.2) is 0 Å². The fraction of sp³-hybridized carbons (Fsp3) is 0.385. The third-order valence-corrected chi connectivity index (χ3v) is 2.77. The maximum Gasteiger partial charge on any atom is 0.308 e. The molecule has 0 amide bonds. The van der Waals surface area contributed by atoms with Gasteiger partial charge in [-0.1, -0.05) is 6.07 Å². The van der Waals surface area contributed by atoms with Gasteiger partial charge in [-0.2, -0.15) is 0 Å². The van der Waals surface area contributed by atoms with Gasteiger partial charge in [0.1, 0.15) is 6.10 Å². The van der Waals surface area contributed by atoms with Crippen LogP contribution in [0.4, 0.5) is 5.69 Å². The number of rotatable bonds is 5. The number of hydrogen-bond acceptors (Lipinski definition) is 6. The first-order chi connectivity index (χ1) is 8.86. The number of carbonyl (C=O) groups is 2. The van der Waals surface area contributed by atoms with Crippen LogP contribution < -0.4 is 5.73 Å². The second-order valence-corrected chi connectivity index (χ2v) is 4.20. The van der Waals surface area contributed by atoms with Crippen molar-refractivity contribution in [2.24, 2.45) is 0 Å². The largest absolute Gasteiger partial charge is 0.469 e. The predicted octanol–water partition coefficient (Wildman–Crippen LogP) is 0.429. The number of esters is 1. The number of nitrogens with two attached hydrogens (primary N) is 1. The molecule has 6 heteroatoms. The summed E-state index contributed by atoms with van der Waals surface area (Å²) < 4.78 is 4.40. The topological polar surface area (TPSA) is 110 Å². The molecule has 0 aliphatic carbocycles. The third-order valence-electron chi connectivity index (χ3n) is 2.77. The van der Waals surface area contributed by atoms with E-state index in [0.717, 1.165) is 0 Å².